The molecular weight excluding hydrogens is 138 g/mol. The van der Waals surface area contributed by atoms with Gasteiger partial charge in [0.05, 0.1) is 0 Å². The second-order valence-corrected chi connectivity index (χ2v) is 2.37. The van der Waals surface area contributed by atoms with E-state index >= 15 is 0 Å². The molecule has 0 aliphatic rings. The number of fused-ring (bicyclic) bond motifs is 1. The average Bonchev–Trinajstić information content (AvgIpc) is 2.06. The topological polar surface area (TPSA) is 27.2 Å². The van der Waals surface area contributed by atoms with Gasteiger partial charge in [0.15, 0.2) is 12.4 Å². The van der Waals surface area contributed by atoms with Crippen LogP contribution in [0.25, 0.3) is 5.52 Å². The molecule has 0 N–H and O–H groups in total. The lowest BCUT2D eigenvalue weighted by Gasteiger charge is -2.01. The maximum atomic E-state index is 11.2. The van der Waals surface area contributed by atoms with Crippen molar-refractivity contribution in [2.24, 2.45) is 0 Å². The van der Waals surface area contributed by atoms with E-state index in [1.165, 1.54) is 0 Å². The number of hydrogen-bond donors (Lipinski definition) is 0. The van der Waals surface area contributed by atoms with Gasteiger partial charge in [0.25, 0.3) is 0 Å². The first kappa shape index (κ1) is 6.16. The summed E-state index contributed by atoms with van der Waals surface area (Å²) < 4.78 is 1.81. The minimum absolute atomic E-state index is 0.0631. The highest BCUT2D eigenvalue weighted by Gasteiger charge is 1.96. The zero-order chi connectivity index (χ0) is 7.68. The maximum Gasteiger partial charge on any atom is 0.202 e. The summed E-state index contributed by atoms with van der Waals surface area (Å²) in [5, 5.41) is 11.2. The van der Waals surface area contributed by atoms with Crippen LogP contribution < -0.4 is 9.51 Å². The minimum atomic E-state index is 0.0631. The van der Waals surface area contributed by atoms with Crippen molar-refractivity contribution in [1.82, 2.24) is 0 Å². The quantitative estimate of drug-likeness (QED) is 0.496. The Bertz CT molecular complexity index is 379. The molecule has 2 rings (SSSR count). The van der Waals surface area contributed by atoms with Gasteiger partial charge in [-0.2, -0.15) is 4.40 Å². The summed E-state index contributed by atoms with van der Waals surface area (Å²) in [6, 6.07) is 8.87. The molecule has 2 aromatic heterocycles. The standard InChI is InChI=1S/C9H7NO/c11-9-5-3-7-10-6-2-1-4-8(9)10/h1-7H. The molecular formula is C9H7NO. The monoisotopic (exact) mass is 145 g/mol. The molecule has 0 bridgehead atoms. The van der Waals surface area contributed by atoms with Crippen molar-refractivity contribution in [3.8, 4) is 5.75 Å². The molecule has 0 saturated carbocycles. The lowest BCUT2D eigenvalue weighted by atomic mass is 10.3. The lowest BCUT2D eigenvalue weighted by Crippen LogP contribution is -2.20. The fourth-order valence-electron chi connectivity index (χ4n) is 1.10. The van der Waals surface area contributed by atoms with Gasteiger partial charge in [0.2, 0.25) is 5.52 Å². The maximum absolute atomic E-state index is 11.2. The predicted molar refractivity (Wildman–Crippen MR) is 39.0 cm³/mol. The summed E-state index contributed by atoms with van der Waals surface area (Å²) >= 11 is 0. The average molecular weight is 145 g/mol. The van der Waals surface area contributed by atoms with E-state index in [-0.39, 0.29) is 5.75 Å². The highest BCUT2D eigenvalue weighted by atomic mass is 16.3. The fourth-order valence-corrected chi connectivity index (χ4v) is 1.10. The summed E-state index contributed by atoms with van der Waals surface area (Å²) in [5.74, 6) is 0.0631. The molecule has 0 aliphatic heterocycles. The molecule has 0 fully saturated rings. The van der Waals surface area contributed by atoms with Gasteiger partial charge in [-0.3, -0.25) is 0 Å². The van der Waals surface area contributed by atoms with Crippen molar-refractivity contribution in [3.63, 3.8) is 0 Å². The molecule has 2 heteroatoms. The van der Waals surface area contributed by atoms with Crippen molar-refractivity contribution >= 4 is 5.52 Å². The van der Waals surface area contributed by atoms with Crippen molar-refractivity contribution in [2.75, 3.05) is 0 Å². The Kier molecular flexibility index (Phi) is 1.25. The molecule has 2 aromatic rings. The van der Waals surface area contributed by atoms with Crippen molar-refractivity contribution in [3.05, 3.63) is 42.7 Å². The zero-order valence-electron chi connectivity index (χ0n) is 5.90. The van der Waals surface area contributed by atoms with Gasteiger partial charge in [0.1, 0.15) is 0 Å². The van der Waals surface area contributed by atoms with Gasteiger partial charge in [-0.05, 0) is 11.8 Å². The van der Waals surface area contributed by atoms with E-state index in [2.05, 4.69) is 0 Å². The number of aromatic nitrogens is 1. The van der Waals surface area contributed by atoms with Crippen LogP contribution in [-0.2, 0) is 0 Å². The van der Waals surface area contributed by atoms with Crippen LogP contribution in [0, 0.1) is 0 Å². The summed E-state index contributed by atoms with van der Waals surface area (Å²) in [4.78, 5) is 0. The zero-order valence-corrected chi connectivity index (χ0v) is 5.90. The van der Waals surface area contributed by atoms with E-state index < -0.39 is 0 Å². The van der Waals surface area contributed by atoms with Crippen molar-refractivity contribution in [1.29, 1.82) is 0 Å². The SMILES string of the molecule is [O-]c1ccc[n+]2ccccc12. The van der Waals surface area contributed by atoms with Gasteiger partial charge in [-0.1, -0.05) is 6.07 Å². The molecule has 0 aliphatic carbocycles. The fraction of sp³-hybridized carbons (Fsp3) is 0. The molecule has 0 atom stereocenters. The second kappa shape index (κ2) is 2.23. The third-order valence-electron chi connectivity index (χ3n) is 1.64. The van der Waals surface area contributed by atoms with Gasteiger partial charge >= 0.3 is 0 Å². The summed E-state index contributed by atoms with van der Waals surface area (Å²) in [5.41, 5.74) is 0.718. The Morgan fingerprint density at radius 3 is 2.64 bits per heavy atom. The Labute approximate surface area is 64.4 Å². The van der Waals surface area contributed by atoms with E-state index in [0.29, 0.717) is 0 Å². The molecule has 11 heavy (non-hydrogen) atoms. The summed E-state index contributed by atoms with van der Waals surface area (Å²) in [6.07, 6.45) is 3.72. The third kappa shape index (κ3) is 0.923. The first-order chi connectivity index (χ1) is 5.38. The molecule has 2 nitrogen and oxygen atoms in total. The Hall–Kier alpha value is -1.57. The van der Waals surface area contributed by atoms with E-state index in [1.54, 1.807) is 12.1 Å². The van der Waals surface area contributed by atoms with Gasteiger partial charge < -0.3 is 5.11 Å². The summed E-state index contributed by atoms with van der Waals surface area (Å²) in [7, 11) is 0. The van der Waals surface area contributed by atoms with Crippen LogP contribution in [0.1, 0.15) is 0 Å². The Balaban J connectivity index is 2.91. The molecule has 54 valence electrons. The van der Waals surface area contributed by atoms with Crippen molar-refractivity contribution in [2.45, 2.75) is 0 Å². The largest absolute Gasteiger partial charge is 0.868 e. The number of nitrogens with zero attached hydrogens (tertiary/aromatic N) is 1. The molecule has 0 saturated heterocycles. The first-order valence-electron chi connectivity index (χ1n) is 3.44. The predicted octanol–water partition coefficient (Wildman–Crippen LogP) is 0.499. The number of hydrogen-bond acceptors (Lipinski definition) is 1. The van der Waals surface area contributed by atoms with Crippen LogP contribution in [-0.4, -0.2) is 0 Å². The molecule has 0 unspecified atom stereocenters. The molecule has 2 heterocycles. The second-order valence-electron chi connectivity index (χ2n) is 2.37. The first-order valence-corrected chi connectivity index (χ1v) is 3.44. The molecule has 0 radical (unpaired) electrons. The minimum Gasteiger partial charge on any atom is -0.868 e. The molecule has 0 spiro atoms. The Morgan fingerprint density at radius 1 is 1.00 bits per heavy atom. The highest BCUT2D eigenvalue weighted by molar-refractivity contribution is 5.50. The van der Waals surface area contributed by atoms with Gasteiger partial charge in [-0.15, -0.1) is 0 Å². The van der Waals surface area contributed by atoms with E-state index in [4.69, 9.17) is 0 Å². The Morgan fingerprint density at radius 2 is 1.82 bits per heavy atom. The molecule has 0 amide bonds. The van der Waals surface area contributed by atoms with Gasteiger partial charge in [-0.25, -0.2) is 0 Å². The number of pyridine rings is 2. The number of rotatable bonds is 0. The van der Waals surface area contributed by atoms with E-state index in [9.17, 15) is 5.11 Å². The van der Waals surface area contributed by atoms with Crippen LogP contribution >= 0.6 is 0 Å². The van der Waals surface area contributed by atoms with Crippen LogP contribution in [0.15, 0.2) is 42.7 Å². The summed E-state index contributed by atoms with van der Waals surface area (Å²) in [6.45, 7) is 0. The smallest absolute Gasteiger partial charge is 0.202 e. The van der Waals surface area contributed by atoms with Crippen LogP contribution in [0.5, 0.6) is 5.75 Å². The molecule has 0 aromatic carbocycles. The van der Waals surface area contributed by atoms with Crippen LogP contribution in [0.3, 0.4) is 0 Å². The third-order valence-corrected chi connectivity index (χ3v) is 1.64. The lowest BCUT2D eigenvalue weighted by molar-refractivity contribution is -0.515. The highest BCUT2D eigenvalue weighted by Crippen LogP contribution is 2.07. The van der Waals surface area contributed by atoms with Crippen molar-refractivity contribution < 1.29 is 9.51 Å². The van der Waals surface area contributed by atoms with E-state index in [0.717, 1.165) is 5.52 Å². The van der Waals surface area contributed by atoms with E-state index in [1.807, 2.05) is 35.0 Å². The normalized spacial score (nSPS) is 10.2. The van der Waals surface area contributed by atoms with Gasteiger partial charge in [0, 0.05) is 18.2 Å². The van der Waals surface area contributed by atoms with Crippen LogP contribution in [0.4, 0.5) is 0 Å². The van der Waals surface area contributed by atoms with Crippen LogP contribution in [0.2, 0.25) is 0 Å².